The molecule has 0 bridgehead atoms. The fraction of sp³-hybridized carbons (Fsp3) is 0.0769. The van der Waals surface area contributed by atoms with Crippen molar-refractivity contribution < 1.29 is 4.39 Å². The zero-order valence-electron chi connectivity index (χ0n) is 9.95. The fourth-order valence-electron chi connectivity index (χ4n) is 1.73. The molecule has 0 saturated carbocycles. The van der Waals surface area contributed by atoms with E-state index < -0.39 is 0 Å². The highest BCUT2D eigenvalue weighted by atomic mass is 35.5. The van der Waals surface area contributed by atoms with Crippen molar-refractivity contribution >= 4 is 44.7 Å². The molecule has 0 atom stereocenters. The summed E-state index contributed by atoms with van der Waals surface area (Å²) in [6, 6.07) is 6.85. The Morgan fingerprint density at radius 2 is 2.11 bits per heavy atom. The average Bonchev–Trinajstić information content (AvgIpc) is 2.82. The van der Waals surface area contributed by atoms with Crippen LogP contribution in [0.4, 0.5) is 15.9 Å². The molecule has 0 aliphatic heterocycles. The van der Waals surface area contributed by atoms with Crippen LogP contribution in [0.1, 0.15) is 5.56 Å². The number of rotatable bonds is 2. The molecule has 6 heteroatoms. The number of hydrogen-bond acceptors (Lipinski definition) is 4. The predicted octanol–water partition coefficient (Wildman–Crippen LogP) is 4.54. The molecule has 3 nitrogen and oxygen atoms in total. The standard InChI is InChI=1S/C13H9ClFN3S/c1-7-2-3-8(6-10(7)15)16-11-9-4-5-19-12(9)18-13(14)17-11/h2-6H,1H3,(H,16,17,18). The highest BCUT2D eigenvalue weighted by molar-refractivity contribution is 7.16. The minimum absolute atomic E-state index is 0.171. The molecule has 0 amide bonds. The second kappa shape index (κ2) is 4.75. The number of thiophene rings is 1. The van der Waals surface area contributed by atoms with Gasteiger partial charge in [-0.3, -0.25) is 0 Å². The van der Waals surface area contributed by atoms with E-state index in [4.69, 9.17) is 11.6 Å². The first-order valence-corrected chi connectivity index (χ1v) is 6.83. The maximum atomic E-state index is 13.5. The largest absolute Gasteiger partial charge is 0.339 e. The van der Waals surface area contributed by atoms with Crippen LogP contribution in [0.3, 0.4) is 0 Å². The quantitative estimate of drug-likeness (QED) is 0.705. The van der Waals surface area contributed by atoms with E-state index in [1.807, 2.05) is 11.4 Å². The van der Waals surface area contributed by atoms with Crippen LogP contribution in [0.15, 0.2) is 29.6 Å². The first kappa shape index (κ1) is 12.3. The normalized spacial score (nSPS) is 10.9. The molecule has 0 fully saturated rings. The Morgan fingerprint density at radius 1 is 1.26 bits per heavy atom. The van der Waals surface area contributed by atoms with Gasteiger partial charge in [0.1, 0.15) is 16.5 Å². The number of nitrogens with one attached hydrogen (secondary N) is 1. The van der Waals surface area contributed by atoms with Crippen LogP contribution in [-0.2, 0) is 0 Å². The lowest BCUT2D eigenvalue weighted by Gasteiger charge is -2.08. The maximum absolute atomic E-state index is 13.5. The van der Waals surface area contributed by atoms with Crippen molar-refractivity contribution in [3.8, 4) is 0 Å². The third-order valence-electron chi connectivity index (χ3n) is 2.73. The number of fused-ring (bicyclic) bond motifs is 1. The third kappa shape index (κ3) is 2.39. The van der Waals surface area contributed by atoms with Crippen molar-refractivity contribution in [2.24, 2.45) is 0 Å². The molecule has 0 spiro atoms. The molecular formula is C13H9ClFN3S. The van der Waals surface area contributed by atoms with E-state index in [2.05, 4.69) is 15.3 Å². The Labute approximate surface area is 118 Å². The van der Waals surface area contributed by atoms with E-state index >= 15 is 0 Å². The van der Waals surface area contributed by atoms with Gasteiger partial charge < -0.3 is 5.32 Å². The highest BCUT2D eigenvalue weighted by Gasteiger charge is 2.08. The first-order chi connectivity index (χ1) is 9.13. The summed E-state index contributed by atoms with van der Waals surface area (Å²) in [6.45, 7) is 1.72. The number of benzene rings is 1. The molecular weight excluding hydrogens is 285 g/mol. The van der Waals surface area contributed by atoms with Gasteiger partial charge in [-0.1, -0.05) is 6.07 Å². The van der Waals surface area contributed by atoms with Gasteiger partial charge in [0.15, 0.2) is 0 Å². The zero-order valence-corrected chi connectivity index (χ0v) is 11.5. The van der Waals surface area contributed by atoms with E-state index in [9.17, 15) is 4.39 Å². The van der Waals surface area contributed by atoms with E-state index in [1.165, 1.54) is 17.4 Å². The lowest BCUT2D eigenvalue weighted by atomic mass is 10.2. The summed E-state index contributed by atoms with van der Waals surface area (Å²) < 4.78 is 13.5. The third-order valence-corrected chi connectivity index (χ3v) is 3.71. The second-order valence-electron chi connectivity index (χ2n) is 4.07. The van der Waals surface area contributed by atoms with E-state index in [0.29, 0.717) is 17.1 Å². The summed E-state index contributed by atoms with van der Waals surface area (Å²) in [5.74, 6) is 0.325. The monoisotopic (exact) mass is 293 g/mol. The van der Waals surface area contributed by atoms with Crippen LogP contribution in [0.2, 0.25) is 5.28 Å². The second-order valence-corrected chi connectivity index (χ2v) is 5.30. The van der Waals surface area contributed by atoms with Crippen molar-refractivity contribution in [2.45, 2.75) is 6.92 Å². The van der Waals surface area contributed by atoms with Crippen molar-refractivity contribution in [3.63, 3.8) is 0 Å². The van der Waals surface area contributed by atoms with Gasteiger partial charge in [-0.05, 0) is 47.7 Å². The Balaban J connectivity index is 2.04. The minimum Gasteiger partial charge on any atom is -0.339 e. The predicted molar refractivity (Wildman–Crippen MR) is 76.8 cm³/mol. The lowest BCUT2D eigenvalue weighted by molar-refractivity contribution is 0.619. The average molecular weight is 294 g/mol. The number of aryl methyl sites for hydroxylation is 1. The fourth-order valence-corrected chi connectivity index (χ4v) is 2.71. The van der Waals surface area contributed by atoms with Crippen LogP contribution < -0.4 is 5.32 Å². The molecule has 96 valence electrons. The zero-order chi connectivity index (χ0) is 13.4. The van der Waals surface area contributed by atoms with E-state index in [-0.39, 0.29) is 11.1 Å². The molecule has 2 heterocycles. The number of halogens is 2. The van der Waals surface area contributed by atoms with Crippen LogP contribution >= 0.6 is 22.9 Å². The van der Waals surface area contributed by atoms with Crippen LogP contribution in [-0.4, -0.2) is 9.97 Å². The van der Waals surface area contributed by atoms with Gasteiger partial charge in [0, 0.05) is 5.69 Å². The van der Waals surface area contributed by atoms with Crippen molar-refractivity contribution in [3.05, 3.63) is 46.3 Å². The van der Waals surface area contributed by atoms with Gasteiger partial charge >= 0.3 is 0 Å². The number of aromatic nitrogens is 2. The van der Waals surface area contributed by atoms with Crippen LogP contribution in [0.25, 0.3) is 10.2 Å². The molecule has 1 N–H and O–H groups in total. The van der Waals surface area contributed by atoms with Gasteiger partial charge in [0.25, 0.3) is 0 Å². The number of anilines is 2. The molecule has 2 aromatic heterocycles. The summed E-state index contributed by atoms with van der Waals surface area (Å²) in [4.78, 5) is 9.08. The Bertz CT molecular complexity index is 757. The summed E-state index contributed by atoms with van der Waals surface area (Å²) in [5.41, 5.74) is 1.23. The summed E-state index contributed by atoms with van der Waals surface area (Å²) in [5, 5.41) is 6.03. The van der Waals surface area contributed by atoms with Crippen LogP contribution in [0, 0.1) is 12.7 Å². The van der Waals surface area contributed by atoms with Gasteiger partial charge in [0.05, 0.1) is 5.39 Å². The minimum atomic E-state index is -0.258. The smallest absolute Gasteiger partial charge is 0.225 e. The molecule has 1 aromatic carbocycles. The Morgan fingerprint density at radius 3 is 2.89 bits per heavy atom. The van der Waals surface area contributed by atoms with Gasteiger partial charge in [0.2, 0.25) is 5.28 Å². The molecule has 3 aromatic rings. The van der Waals surface area contributed by atoms with Crippen LogP contribution in [0.5, 0.6) is 0 Å². The topological polar surface area (TPSA) is 37.8 Å². The number of nitrogens with zero attached hydrogens (tertiary/aromatic N) is 2. The van der Waals surface area contributed by atoms with Gasteiger partial charge in [-0.25, -0.2) is 9.37 Å². The molecule has 19 heavy (non-hydrogen) atoms. The van der Waals surface area contributed by atoms with Crippen molar-refractivity contribution in [1.82, 2.24) is 9.97 Å². The van der Waals surface area contributed by atoms with Crippen molar-refractivity contribution in [2.75, 3.05) is 5.32 Å². The first-order valence-electron chi connectivity index (χ1n) is 5.57. The van der Waals surface area contributed by atoms with Crippen molar-refractivity contribution in [1.29, 1.82) is 0 Å². The summed E-state index contributed by atoms with van der Waals surface area (Å²) in [6.07, 6.45) is 0. The Hall–Kier alpha value is -1.72. The number of hydrogen-bond donors (Lipinski definition) is 1. The lowest BCUT2D eigenvalue weighted by Crippen LogP contribution is -1.97. The molecule has 3 rings (SSSR count). The SMILES string of the molecule is Cc1ccc(Nc2nc(Cl)nc3sccc23)cc1F. The molecule has 0 aliphatic rings. The molecule has 0 saturated heterocycles. The van der Waals surface area contributed by atoms with Gasteiger partial charge in [-0.15, -0.1) is 11.3 Å². The van der Waals surface area contributed by atoms with E-state index in [1.54, 1.807) is 19.1 Å². The van der Waals surface area contributed by atoms with Gasteiger partial charge in [-0.2, -0.15) is 4.98 Å². The Kier molecular flexibility index (Phi) is 3.08. The van der Waals surface area contributed by atoms with E-state index in [0.717, 1.165) is 10.2 Å². The maximum Gasteiger partial charge on any atom is 0.225 e. The highest BCUT2D eigenvalue weighted by Crippen LogP contribution is 2.29. The molecule has 0 radical (unpaired) electrons. The molecule has 0 aliphatic carbocycles. The summed E-state index contributed by atoms with van der Waals surface area (Å²) >= 11 is 7.36. The molecule has 0 unspecified atom stereocenters. The summed E-state index contributed by atoms with van der Waals surface area (Å²) in [7, 11) is 0.